The smallest absolute Gasteiger partial charge is 0.429 e. The van der Waals surface area contributed by atoms with Gasteiger partial charge in [0.25, 0.3) is 0 Å². The molecule has 0 atom stereocenters. The van der Waals surface area contributed by atoms with Gasteiger partial charge >= 0.3 is 6.11 Å². The second-order valence-electron chi connectivity index (χ2n) is 6.05. The van der Waals surface area contributed by atoms with Crippen molar-refractivity contribution in [3.05, 3.63) is 75.4 Å². The average molecular weight is 445 g/mol. The van der Waals surface area contributed by atoms with Gasteiger partial charge in [0.15, 0.2) is 0 Å². The van der Waals surface area contributed by atoms with E-state index in [0.717, 1.165) is 11.3 Å². The first kappa shape index (κ1) is 21.6. The third kappa shape index (κ3) is 3.98. The monoisotopic (exact) mass is 445 g/mol. The van der Waals surface area contributed by atoms with Crippen molar-refractivity contribution in [2.45, 2.75) is 19.5 Å². The van der Waals surface area contributed by atoms with Gasteiger partial charge in [-0.25, -0.2) is 22.0 Å². The minimum Gasteiger partial charge on any atom is -0.429 e. The summed E-state index contributed by atoms with van der Waals surface area (Å²) < 4.78 is 103. The molecule has 30 heavy (non-hydrogen) atoms. The van der Waals surface area contributed by atoms with Crippen LogP contribution in [0.15, 0.2) is 30.3 Å². The van der Waals surface area contributed by atoms with Crippen molar-refractivity contribution >= 4 is 11.3 Å². The summed E-state index contributed by atoms with van der Waals surface area (Å²) in [4.78, 5) is 0.461. The quantitative estimate of drug-likeness (QED) is 0.411. The van der Waals surface area contributed by atoms with Crippen LogP contribution in [-0.4, -0.2) is 0 Å². The molecule has 1 heterocycles. The predicted octanol–water partition coefficient (Wildman–Crippen LogP) is 6.67. The van der Waals surface area contributed by atoms with Crippen molar-refractivity contribution in [2.75, 3.05) is 0 Å². The van der Waals surface area contributed by atoms with Gasteiger partial charge in [-0.1, -0.05) is 6.92 Å². The minimum atomic E-state index is -4.66. The van der Waals surface area contributed by atoms with Crippen LogP contribution in [0.2, 0.25) is 0 Å². The van der Waals surface area contributed by atoms with Gasteiger partial charge in [-0.15, -0.1) is 11.3 Å². The SMILES string of the molecule is CCc1cc(F)c(-c2cc(F)c(C(F)(F)Oc3cc(F)c(C#N)c(F)c3)c(F)c2)s1. The number of hydrogen-bond donors (Lipinski definition) is 0. The Morgan fingerprint density at radius 2 is 1.47 bits per heavy atom. The standard InChI is InChI=1S/C20H10F7NOS/c1-2-11-7-17(25)19(30-11)9-3-15(23)18(16(24)4-9)20(26,27)29-10-5-13(21)12(8-28)14(22)6-10/h3-7H,2H2,1H3. The Bertz CT molecular complexity index is 1120. The summed E-state index contributed by atoms with van der Waals surface area (Å²) in [7, 11) is 0. The summed E-state index contributed by atoms with van der Waals surface area (Å²) in [5, 5.41) is 8.59. The van der Waals surface area contributed by atoms with Crippen LogP contribution < -0.4 is 4.74 Å². The molecule has 156 valence electrons. The Kier molecular flexibility index (Phi) is 5.76. The first-order chi connectivity index (χ1) is 14.1. The molecule has 0 N–H and O–H groups in total. The van der Waals surface area contributed by atoms with E-state index in [1.54, 1.807) is 6.92 Å². The topological polar surface area (TPSA) is 33.0 Å². The lowest BCUT2D eigenvalue weighted by Crippen LogP contribution is -2.25. The van der Waals surface area contributed by atoms with Crippen LogP contribution in [0, 0.1) is 40.4 Å². The number of benzene rings is 2. The lowest BCUT2D eigenvalue weighted by Gasteiger charge is -2.20. The van der Waals surface area contributed by atoms with Crippen LogP contribution in [0.5, 0.6) is 5.75 Å². The molecule has 0 amide bonds. The molecule has 0 fully saturated rings. The zero-order chi connectivity index (χ0) is 22.2. The van der Waals surface area contributed by atoms with Gasteiger partial charge in [0.2, 0.25) is 0 Å². The minimum absolute atomic E-state index is 0.128. The fourth-order valence-electron chi connectivity index (χ4n) is 2.68. The van der Waals surface area contributed by atoms with E-state index in [1.807, 2.05) is 0 Å². The molecule has 0 aliphatic rings. The van der Waals surface area contributed by atoms with Gasteiger partial charge in [-0.2, -0.15) is 14.0 Å². The molecule has 0 aliphatic heterocycles. The molecule has 2 aromatic carbocycles. The lowest BCUT2D eigenvalue weighted by molar-refractivity contribution is -0.189. The third-order valence-corrected chi connectivity index (χ3v) is 5.36. The molecule has 3 rings (SSSR count). The van der Waals surface area contributed by atoms with Gasteiger partial charge in [-0.05, 0) is 24.6 Å². The largest absolute Gasteiger partial charge is 0.432 e. The number of halogens is 7. The van der Waals surface area contributed by atoms with Crippen LogP contribution in [0.3, 0.4) is 0 Å². The summed E-state index contributed by atoms with van der Waals surface area (Å²) in [6, 6.07) is 3.97. The van der Waals surface area contributed by atoms with Crippen molar-refractivity contribution in [1.82, 2.24) is 0 Å². The Hall–Kier alpha value is -3.06. The number of nitriles is 1. The number of aryl methyl sites for hydroxylation is 1. The van der Waals surface area contributed by atoms with Crippen molar-refractivity contribution in [1.29, 1.82) is 5.26 Å². The second-order valence-corrected chi connectivity index (χ2v) is 7.19. The number of nitrogens with zero attached hydrogens (tertiary/aromatic N) is 1. The molecule has 0 saturated carbocycles. The molecule has 2 nitrogen and oxygen atoms in total. The van der Waals surface area contributed by atoms with E-state index in [-0.39, 0.29) is 22.6 Å². The highest BCUT2D eigenvalue weighted by Gasteiger charge is 2.41. The Morgan fingerprint density at radius 1 is 0.900 bits per heavy atom. The van der Waals surface area contributed by atoms with Gasteiger partial charge in [0.05, 0.1) is 4.88 Å². The fraction of sp³-hybridized carbons (Fsp3) is 0.150. The third-order valence-electron chi connectivity index (χ3n) is 4.06. The van der Waals surface area contributed by atoms with E-state index in [2.05, 4.69) is 4.74 Å². The van der Waals surface area contributed by atoms with Crippen LogP contribution in [-0.2, 0) is 12.5 Å². The maximum Gasteiger partial charge on any atom is 0.432 e. The van der Waals surface area contributed by atoms with Gasteiger partial charge in [0.1, 0.15) is 52.0 Å². The number of hydrogen-bond acceptors (Lipinski definition) is 3. The highest BCUT2D eigenvalue weighted by Crippen LogP contribution is 2.39. The Morgan fingerprint density at radius 3 is 1.93 bits per heavy atom. The normalized spacial score (nSPS) is 11.4. The molecule has 0 radical (unpaired) electrons. The molecule has 0 bridgehead atoms. The summed E-state index contributed by atoms with van der Waals surface area (Å²) in [5.74, 6) is -8.30. The molecule has 0 unspecified atom stereocenters. The van der Waals surface area contributed by atoms with Crippen molar-refractivity contribution in [3.63, 3.8) is 0 Å². The number of thiophene rings is 1. The van der Waals surface area contributed by atoms with Crippen LogP contribution in [0.4, 0.5) is 30.7 Å². The second kappa shape index (κ2) is 7.99. The van der Waals surface area contributed by atoms with Gasteiger partial charge < -0.3 is 4.74 Å². The molecule has 0 spiro atoms. The molecule has 0 saturated heterocycles. The molecule has 3 aromatic rings. The van der Waals surface area contributed by atoms with E-state index in [9.17, 15) is 30.7 Å². The van der Waals surface area contributed by atoms with Crippen LogP contribution >= 0.6 is 11.3 Å². The number of alkyl halides is 2. The Labute approximate surface area is 169 Å². The van der Waals surface area contributed by atoms with Crippen LogP contribution in [0.1, 0.15) is 22.9 Å². The Balaban J connectivity index is 2.00. The number of rotatable bonds is 5. The summed E-state index contributed by atoms with van der Waals surface area (Å²) in [6.45, 7) is 1.74. The number of ether oxygens (including phenoxy) is 1. The first-order valence-electron chi connectivity index (χ1n) is 8.31. The average Bonchev–Trinajstić information content (AvgIpc) is 3.01. The van der Waals surface area contributed by atoms with E-state index in [1.165, 1.54) is 12.1 Å². The maximum atomic E-state index is 14.4. The maximum absolute atomic E-state index is 14.4. The zero-order valence-corrected chi connectivity index (χ0v) is 15.8. The van der Waals surface area contributed by atoms with E-state index >= 15 is 0 Å². The molecular weight excluding hydrogens is 435 g/mol. The van der Waals surface area contributed by atoms with E-state index in [4.69, 9.17) is 5.26 Å². The van der Waals surface area contributed by atoms with Gasteiger partial charge in [0, 0.05) is 22.6 Å². The summed E-state index contributed by atoms with van der Waals surface area (Å²) >= 11 is 0.916. The van der Waals surface area contributed by atoms with E-state index in [0.29, 0.717) is 23.4 Å². The van der Waals surface area contributed by atoms with Crippen molar-refractivity contribution < 1.29 is 35.5 Å². The highest BCUT2D eigenvalue weighted by atomic mass is 32.1. The van der Waals surface area contributed by atoms with Crippen molar-refractivity contribution in [2.24, 2.45) is 0 Å². The summed E-state index contributed by atoms with van der Waals surface area (Å²) in [5.41, 5.74) is -3.14. The highest BCUT2D eigenvalue weighted by molar-refractivity contribution is 7.15. The zero-order valence-electron chi connectivity index (χ0n) is 15.0. The first-order valence-corrected chi connectivity index (χ1v) is 9.13. The summed E-state index contributed by atoms with van der Waals surface area (Å²) in [6.07, 6.45) is -4.20. The molecule has 1 aromatic heterocycles. The lowest BCUT2D eigenvalue weighted by atomic mass is 10.1. The molecule has 10 heteroatoms. The van der Waals surface area contributed by atoms with Crippen molar-refractivity contribution in [3.8, 4) is 22.3 Å². The molecule has 0 aliphatic carbocycles. The van der Waals surface area contributed by atoms with Crippen LogP contribution in [0.25, 0.3) is 10.4 Å². The van der Waals surface area contributed by atoms with Gasteiger partial charge in [-0.3, -0.25) is 0 Å². The van der Waals surface area contributed by atoms with E-state index < -0.39 is 52.1 Å². The predicted molar refractivity (Wildman–Crippen MR) is 94.6 cm³/mol. The molecular formula is C20H10F7NOS. The fourth-order valence-corrected chi connectivity index (χ4v) is 3.65.